The predicted octanol–water partition coefficient (Wildman–Crippen LogP) is 0.984. The topological polar surface area (TPSA) is 64.3 Å². The molecule has 1 aromatic rings. The zero-order valence-electron chi connectivity index (χ0n) is 15.3. The summed E-state index contributed by atoms with van der Waals surface area (Å²) in [6, 6.07) is 1.92. The molecule has 2 fully saturated rings. The van der Waals surface area contributed by atoms with Crippen molar-refractivity contribution in [2.24, 2.45) is 4.99 Å². The Hall–Kier alpha value is -2.02. The summed E-state index contributed by atoms with van der Waals surface area (Å²) in [5.74, 6) is 1.19. The van der Waals surface area contributed by atoms with Crippen LogP contribution in [0.2, 0.25) is 0 Å². The summed E-state index contributed by atoms with van der Waals surface area (Å²) < 4.78 is 5.09. The van der Waals surface area contributed by atoms with Crippen LogP contribution in [0.1, 0.15) is 25.3 Å². The van der Waals surface area contributed by atoms with Crippen LogP contribution in [-0.4, -0.2) is 78.9 Å². The minimum absolute atomic E-state index is 0.0267. The van der Waals surface area contributed by atoms with Gasteiger partial charge in [0, 0.05) is 58.4 Å². The summed E-state index contributed by atoms with van der Waals surface area (Å²) in [5, 5.41) is 3.38. The normalized spacial score (nSPS) is 20.8. The molecule has 0 aliphatic carbocycles. The fraction of sp³-hybridized carbons (Fsp3) is 0.667. The Labute approximate surface area is 149 Å². The van der Waals surface area contributed by atoms with Crippen molar-refractivity contribution in [3.63, 3.8) is 0 Å². The first-order valence-corrected chi connectivity index (χ1v) is 9.18. The van der Waals surface area contributed by atoms with E-state index in [4.69, 9.17) is 4.42 Å². The highest BCUT2D eigenvalue weighted by atomic mass is 16.3. The summed E-state index contributed by atoms with van der Waals surface area (Å²) in [7, 11) is 1.81. The number of hydrogen-bond donors (Lipinski definition) is 1. The summed E-state index contributed by atoms with van der Waals surface area (Å²) in [6.07, 6.45) is 5.71. The first-order valence-electron chi connectivity index (χ1n) is 9.18. The van der Waals surface area contributed by atoms with Gasteiger partial charge in [0.2, 0.25) is 5.91 Å². The van der Waals surface area contributed by atoms with Crippen molar-refractivity contribution >= 4 is 11.9 Å². The molecule has 2 saturated heterocycles. The number of nitrogens with zero attached hydrogens (tertiary/aromatic N) is 4. The van der Waals surface area contributed by atoms with E-state index in [1.54, 1.807) is 12.5 Å². The minimum Gasteiger partial charge on any atom is -0.472 e. The van der Waals surface area contributed by atoms with Gasteiger partial charge in [-0.2, -0.15) is 0 Å². The first kappa shape index (κ1) is 17.8. The Morgan fingerprint density at radius 2 is 1.92 bits per heavy atom. The average Bonchev–Trinajstić information content (AvgIpc) is 3.35. The number of piperazine rings is 1. The molecule has 1 unspecified atom stereocenters. The molecule has 138 valence electrons. The van der Waals surface area contributed by atoms with Crippen LogP contribution in [0.5, 0.6) is 0 Å². The maximum atomic E-state index is 12.6. The molecule has 3 heterocycles. The van der Waals surface area contributed by atoms with Crippen LogP contribution in [-0.2, 0) is 11.3 Å². The lowest BCUT2D eigenvalue weighted by Gasteiger charge is -2.39. The molecule has 3 rings (SSSR count). The molecule has 0 aromatic carbocycles. The molecular weight excluding hydrogens is 318 g/mol. The fourth-order valence-corrected chi connectivity index (χ4v) is 3.59. The van der Waals surface area contributed by atoms with E-state index in [1.165, 1.54) is 0 Å². The van der Waals surface area contributed by atoms with Gasteiger partial charge in [0.25, 0.3) is 0 Å². The number of likely N-dealkylation sites (tertiary alicyclic amines) is 1. The highest BCUT2D eigenvalue weighted by Crippen LogP contribution is 2.14. The maximum absolute atomic E-state index is 12.6. The largest absolute Gasteiger partial charge is 0.472 e. The average molecular weight is 347 g/mol. The van der Waals surface area contributed by atoms with Crippen LogP contribution in [0.3, 0.4) is 0 Å². The highest BCUT2D eigenvalue weighted by Gasteiger charge is 2.30. The Bertz CT molecular complexity index is 572. The Balaban J connectivity index is 1.47. The van der Waals surface area contributed by atoms with Crippen molar-refractivity contribution in [1.29, 1.82) is 0 Å². The van der Waals surface area contributed by atoms with Gasteiger partial charge in [0.1, 0.15) is 0 Å². The van der Waals surface area contributed by atoms with Crippen molar-refractivity contribution in [3.05, 3.63) is 24.2 Å². The van der Waals surface area contributed by atoms with Gasteiger partial charge in [-0.15, -0.1) is 0 Å². The van der Waals surface area contributed by atoms with Crippen molar-refractivity contribution in [2.45, 2.75) is 32.4 Å². The second-order valence-electron chi connectivity index (χ2n) is 6.76. The maximum Gasteiger partial charge on any atom is 0.239 e. The van der Waals surface area contributed by atoms with Crippen molar-refractivity contribution in [3.8, 4) is 0 Å². The lowest BCUT2D eigenvalue weighted by molar-refractivity contribution is -0.135. The first-order chi connectivity index (χ1) is 12.2. The van der Waals surface area contributed by atoms with Gasteiger partial charge >= 0.3 is 0 Å². The molecule has 1 atom stereocenters. The molecule has 0 radical (unpaired) electrons. The van der Waals surface area contributed by atoms with Gasteiger partial charge in [-0.3, -0.25) is 14.7 Å². The molecule has 2 aliphatic heterocycles. The number of furan rings is 1. The standard InChI is InChI=1S/C18H29N5O2/c1-15(17(24)22-6-3-4-7-22)21-8-10-23(11-9-21)18(19-2)20-13-16-5-12-25-14-16/h5,12,14-15H,3-4,6-11,13H2,1-2H3,(H,19,20). The molecule has 0 saturated carbocycles. The molecule has 1 N–H and O–H groups in total. The Morgan fingerprint density at radius 1 is 1.20 bits per heavy atom. The second-order valence-corrected chi connectivity index (χ2v) is 6.76. The van der Waals surface area contributed by atoms with E-state index in [9.17, 15) is 4.79 Å². The van der Waals surface area contributed by atoms with Crippen LogP contribution in [0.4, 0.5) is 0 Å². The number of nitrogens with one attached hydrogen (secondary N) is 1. The van der Waals surface area contributed by atoms with Gasteiger partial charge in [-0.05, 0) is 25.8 Å². The number of amides is 1. The number of rotatable bonds is 4. The number of carbonyl (C=O) groups is 1. The van der Waals surface area contributed by atoms with Gasteiger partial charge < -0.3 is 19.5 Å². The minimum atomic E-state index is -0.0267. The van der Waals surface area contributed by atoms with E-state index < -0.39 is 0 Å². The van der Waals surface area contributed by atoms with Crippen LogP contribution in [0.15, 0.2) is 28.0 Å². The third-order valence-corrected chi connectivity index (χ3v) is 5.18. The zero-order valence-corrected chi connectivity index (χ0v) is 15.3. The lowest BCUT2D eigenvalue weighted by Crippen LogP contribution is -2.57. The van der Waals surface area contributed by atoms with E-state index in [1.807, 2.05) is 24.9 Å². The van der Waals surface area contributed by atoms with Crippen LogP contribution >= 0.6 is 0 Å². The van der Waals surface area contributed by atoms with Crippen LogP contribution in [0.25, 0.3) is 0 Å². The molecule has 25 heavy (non-hydrogen) atoms. The molecule has 0 bridgehead atoms. The Morgan fingerprint density at radius 3 is 2.52 bits per heavy atom. The molecule has 1 aromatic heterocycles. The third-order valence-electron chi connectivity index (χ3n) is 5.18. The third kappa shape index (κ3) is 4.34. The predicted molar refractivity (Wildman–Crippen MR) is 97.3 cm³/mol. The second kappa shape index (κ2) is 8.38. The molecule has 0 spiro atoms. The van der Waals surface area contributed by atoms with Gasteiger partial charge in [0.05, 0.1) is 18.6 Å². The SMILES string of the molecule is CN=C(NCc1ccoc1)N1CCN(C(C)C(=O)N2CCCC2)CC1. The molecule has 7 nitrogen and oxygen atoms in total. The summed E-state index contributed by atoms with van der Waals surface area (Å²) >= 11 is 0. The van der Waals surface area contributed by atoms with Crippen LogP contribution < -0.4 is 5.32 Å². The summed E-state index contributed by atoms with van der Waals surface area (Å²) in [4.78, 5) is 23.5. The quantitative estimate of drug-likeness (QED) is 0.650. The van der Waals surface area contributed by atoms with Crippen LogP contribution in [0, 0.1) is 0 Å². The zero-order chi connectivity index (χ0) is 17.6. The number of hydrogen-bond acceptors (Lipinski definition) is 4. The number of aliphatic imine (C=N–C) groups is 1. The van der Waals surface area contributed by atoms with Gasteiger partial charge in [0.15, 0.2) is 5.96 Å². The van der Waals surface area contributed by atoms with E-state index in [0.717, 1.165) is 63.6 Å². The highest BCUT2D eigenvalue weighted by molar-refractivity contribution is 5.82. The smallest absolute Gasteiger partial charge is 0.239 e. The molecule has 1 amide bonds. The molecule has 2 aliphatic rings. The monoisotopic (exact) mass is 347 g/mol. The molecule has 7 heteroatoms. The van der Waals surface area contributed by atoms with Crippen molar-refractivity contribution < 1.29 is 9.21 Å². The van der Waals surface area contributed by atoms with E-state index in [-0.39, 0.29) is 11.9 Å². The van der Waals surface area contributed by atoms with E-state index >= 15 is 0 Å². The number of carbonyl (C=O) groups excluding carboxylic acids is 1. The Kier molecular flexibility index (Phi) is 5.96. The number of guanidine groups is 1. The van der Waals surface area contributed by atoms with Gasteiger partial charge in [-0.25, -0.2) is 0 Å². The van der Waals surface area contributed by atoms with Crippen molar-refractivity contribution in [1.82, 2.24) is 20.0 Å². The summed E-state index contributed by atoms with van der Waals surface area (Å²) in [5.41, 5.74) is 1.10. The van der Waals surface area contributed by atoms with E-state index in [0.29, 0.717) is 6.54 Å². The van der Waals surface area contributed by atoms with Crippen molar-refractivity contribution in [2.75, 3.05) is 46.3 Å². The molecular formula is C18H29N5O2. The van der Waals surface area contributed by atoms with Gasteiger partial charge in [-0.1, -0.05) is 0 Å². The summed E-state index contributed by atoms with van der Waals surface area (Å²) in [6.45, 7) is 8.11. The lowest BCUT2D eigenvalue weighted by atomic mass is 10.2. The van der Waals surface area contributed by atoms with E-state index in [2.05, 4.69) is 20.1 Å². The fourth-order valence-electron chi connectivity index (χ4n) is 3.59.